The highest BCUT2D eigenvalue weighted by Crippen LogP contribution is 2.24. The monoisotopic (exact) mass is 362 g/mol. The third kappa shape index (κ3) is 4.29. The molecule has 1 unspecified atom stereocenters. The molecule has 2 aromatic rings. The molecule has 1 amide bonds. The largest absolute Gasteiger partial charge is 0.378 e. The van der Waals surface area contributed by atoms with E-state index in [0.29, 0.717) is 26.2 Å². The molecule has 1 saturated heterocycles. The fraction of sp³-hybridized carbons (Fsp3) is 0.364. The highest BCUT2D eigenvalue weighted by Gasteiger charge is 2.27. The number of amides is 1. The lowest BCUT2D eigenvalue weighted by atomic mass is 10.0. The van der Waals surface area contributed by atoms with Crippen molar-refractivity contribution in [2.45, 2.75) is 13.0 Å². The van der Waals surface area contributed by atoms with Gasteiger partial charge in [0.15, 0.2) is 0 Å². The maximum absolute atomic E-state index is 12.7. The Bertz CT molecular complexity index is 830. The molecule has 5 heteroatoms. The van der Waals surface area contributed by atoms with Crippen molar-refractivity contribution in [1.29, 1.82) is 5.26 Å². The van der Waals surface area contributed by atoms with Crippen molar-refractivity contribution in [2.75, 3.05) is 45.2 Å². The number of benzene rings is 2. The molecule has 0 aliphatic carbocycles. The van der Waals surface area contributed by atoms with Gasteiger partial charge in [0.25, 0.3) is 5.91 Å². The van der Waals surface area contributed by atoms with Gasteiger partial charge in [-0.15, -0.1) is 0 Å². The number of nitrogens with zero attached hydrogens (tertiary/aromatic N) is 4. The van der Waals surface area contributed by atoms with E-state index in [4.69, 9.17) is 0 Å². The number of anilines is 1. The summed E-state index contributed by atoms with van der Waals surface area (Å²) in [7, 11) is 4.00. The van der Waals surface area contributed by atoms with E-state index in [1.54, 1.807) is 0 Å². The van der Waals surface area contributed by atoms with Crippen LogP contribution in [0.1, 0.15) is 27.5 Å². The van der Waals surface area contributed by atoms with Crippen molar-refractivity contribution >= 4 is 11.6 Å². The molecule has 2 aromatic carbocycles. The van der Waals surface area contributed by atoms with Crippen molar-refractivity contribution < 1.29 is 4.79 Å². The number of rotatable bonds is 4. The first-order chi connectivity index (χ1) is 13.0. The maximum atomic E-state index is 12.7. The van der Waals surface area contributed by atoms with Crippen LogP contribution in [-0.2, 0) is 0 Å². The Kier molecular flexibility index (Phi) is 5.78. The highest BCUT2D eigenvalue weighted by atomic mass is 16.2. The van der Waals surface area contributed by atoms with Crippen LogP contribution in [0.15, 0.2) is 48.5 Å². The van der Waals surface area contributed by atoms with Crippen LogP contribution in [0.4, 0.5) is 5.69 Å². The van der Waals surface area contributed by atoms with E-state index in [0.717, 1.165) is 22.4 Å². The fourth-order valence-electron chi connectivity index (χ4n) is 3.47. The summed E-state index contributed by atoms with van der Waals surface area (Å²) in [6.45, 7) is 4.67. The van der Waals surface area contributed by atoms with Crippen LogP contribution < -0.4 is 4.90 Å². The Labute approximate surface area is 161 Å². The number of piperazine rings is 1. The Morgan fingerprint density at radius 1 is 1.07 bits per heavy atom. The predicted octanol–water partition coefficient (Wildman–Crippen LogP) is 3.08. The molecule has 1 fully saturated rings. The molecule has 0 N–H and O–H groups in total. The molecule has 27 heavy (non-hydrogen) atoms. The van der Waals surface area contributed by atoms with Crippen LogP contribution in [0.2, 0.25) is 0 Å². The van der Waals surface area contributed by atoms with E-state index >= 15 is 0 Å². The first-order valence-electron chi connectivity index (χ1n) is 9.26. The van der Waals surface area contributed by atoms with Crippen molar-refractivity contribution in [3.8, 4) is 6.07 Å². The second kappa shape index (κ2) is 8.24. The lowest BCUT2D eigenvalue weighted by Crippen LogP contribution is -2.49. The molecule has 1 aliphatic rings. The summed E-state index contributed by atoms with van der Waals surface area (Å²) >= 11 is 0. The third-order valence-electron chi connectivity index (χ3n) is 5.08. The summed E-state index contributed by atoms with van der Waals surface area (Å²) in [6.07, 6.45) is 0. The Morgan fingerprint density at radius 2 is 1.74 bits per heavy atom. The van der Waals surface area contributed by atoms with Gasteiger partial charge in [0.1, 0.15) is 6.04 Å². The molecule has 1 heterocycles. The topological polar surface area (TPSA) is 50.6 Å². The summed E-state index contributed by atoms with van der Waals surface area (Å²) in [5.74, 6) is 0.0715. The van der Waals surface area contributed by atoms with Gasteiger partial charge in [0.2, 0.25) is 0 Å². The highest BCUT2D eigenvalue weighted by molar-refractivity contribution is 5.94. The van der Waals surface area contributed by atoms with Gasteiger partial charge >= 0.3 is 0 Å². The van der Waals surface area contributed by atoms with Crippen LogP contribution in [0.3, 0.4) is 0 Å². The number of hydrogen-bond donors (Lipinski definition) is 0. The van der Waals surface area contributed by atoms with E-state index in [1.807, 2.05) is 79.3 Å². The van der Waals surface area contributed by atoms with E-state index < -0.39 is 0 Å². The maximum Gasteiger partial charge on any atom is 0.253 e. The molecule has 0 aromatic heterocycles. The van der Waals surface area contributed by atoms with Crippen LogP contribution in [0.25, 0.3) is 0 Å². The van der Waals surface area contributed by atoms with Gasteiger partial charge in [-0.05, 0) is 36.8 Å². The van der Waals surface area contributed by atoms with Gasteiger partial charge in [-0.25, -0.2) is 0 Å². The number of carbonyl (C=O) groups excluding carboxylic acids is 1. The first-order valence-corrected chi connectivity index (χ1v) is 9.26. The molecule has 0 saturated carbocycles. The van der Waals surface area contributed by atoms with Gasteiger partial charge in [0.05, 0.1) is 6.07 Å². The minimum Gasteiger partial charge on any atom is -0.378 e. The Morgan fingerprint density at radius 3 is 2.30 bits per heavy atom. The normalized spacial score (nSPS) is 15.9. The van der Waals surface area contributed by atoms with Gasteiger partial charge in [-0.2, -0.15) is 5.26 Å². The van der Waals surface area contributed by atoms with Crippen LogP contribution >= 0.6 is 0 Å². The number of nitriles is 1. The van der Waals surface area contributed by atoms with Crippen molar-refractivity contribution in [1.82, 2.24) is 9.80 Å². The van der Waals surface area contributed by atoms with Gasteiger partial charge in [-0.3, -0.25) is 9.69 Å². The predicted molar refractivity (Wildman–Crippen MR) is 108 cm³/mol. The molecule has 0 radical (unpaired) electrons. The SMILES string of the molecule is Cc1cccc(C(=O)N2CCN(C(C#N)c3ccc(N(C)C)cc3)CC2)c1. The van der Waals surface area contributed by atoms with Gasteiger partial charge < -0.3 is 9.80 Å². The second-order valence-electron chi connectivity index (χ2n) is 7.22. The quantitative estimate of drug-likeness (QED) is 0.839. The molecule has 3 rings (SSSR count). The molecule has 140 valence electrons. The molecule has 0 spiro atoms. The lowest BCUT2D eigenvalue weighted by Gasteiger charge is -2.37. The van der Waals surface area contributed by atoms with Crippen LogP contribution in [-0.4, -0.2) is 56.0 Å². The molecule has 1 aliphatic heterocycles. The van der Waals surface area contributed by atoms with E-state index in [2.05, 4.69) is 11.0 Å². The van der Waals surface area contributed by atoms with Crippen molar-refractivity contribution in [3.63, 3.8) is 0 Å². The zero-order valence-corrected chi connectivity index (χ0v) is 16.2. The third-order valence-corrected chi connectivity index (χ3v) is 5.08. The van der Waals surface area contributed by atoms with Crippen molar-refractivity contribution in [3.05, 3.63) is 65.2 Å². The number of carbonyl (C=O) groups is 1. The fourth-order valence-corrected chi connectivity index (χ4v) is 3.47. The summed E-state index contributed by atoms with van der Waals surface area (Å²) < 4.78 is 0. The Balaban J connectivity index is 1.65. The number of hydrogen-bond acceptors (Lipinski definition) is 4. The molecular formula is C22H26N4O. The van der Waals surface area contributed by atoms with E-state index in [9.17, 15) is 10.1 Å². The standard InChI is InChI=1S/C22H26N4O/c1-17-5-4-6-19(15-17)22(27)26-13-11-25(12-14-26)21(16-23)18-7-9-20(10-8-18)24(2)3/h4-10,15,21H,11-14H2,1-3H3. The van der Waals surface area contributed by atoms with E-state index in [1.165, 1.54) is 0 Å². The first kappa shape index (κ1) is 18.9. The molecule has 0 bridgehead atoms. The smallest absolute Gasteiger partial charge is 0.253 e. The van der Waals surface area contributed by atoms with Crippen LogP contribution in [0.5, 0.6) is 0 Å². The molecule has 5 nitrogen and oxygen atoms in total. The van der Waals surface area contributed by atoms with Crippen LogP contribution in [0, 0.1) is 18.3 Å². The zero-order chi connectivity index (χ0) is 19.4. The average Bonchev–Trinajstić information content (AvgIpc) is 2.69. The average molecular weight is 362 g/mol. The second-order valence-corrected chi connectivity index (χ2v) is 7.22. The minimum absolute atomic E-state index is 0.0715. The van der Waals surface area contributed by atoms with E-state index in [-0.39, 0.29) is 11.9 Å². The summed E-state index contributed by atoms with van der Waals surface area (Å²) in [6, 6.07) is 18.0. The summed E-state index contributed by atoms with van der Waals surface area (Å²) in [5.41, 5.74) is 3.94. The van der Waals surface area contributed by atoms with Gasteiger partial charge in [0, 0.05) is 51.5 Å². The lowest BCUT2D eigenvalue weighted by molar-refractivity contribution is 0.0606. The molecule has 1 atom stereocenters. The van der Waals surface area contributed by atoms with Gasteiger partial charge in [-0.1, -0.05) is 29.8 Å². The minimum atomic E-state index is -0.280. The Hall–Kier alpha value is -2.84. The zero-order valence-electron chi connectivity index (χ0n) is 16.2. The number of aryl methyl sites for hydroxylation is 1. The summed E-state index contributed by atoms with van der Waals surface area (Å²) in [4.78, 5) is 18.8. The molecular weight excluding hydrogens is 336 g/mol. The van der Waals surface area contributed by atoms with Crippen molar-refractivity contribution in [2.24, 2.45) is 0 Å². The summed E-state index contributed by atoms with van der Waals surface area (Å²) in [5, 5.41) is 9.71.